The molecule has 0 aromatic heterocycles. The standard InChI is InChI=1S/C12H17NO2/c1-15-11-4-2-3-10(12(11)14)7-9-5-6-13-8-9/h2-4,9,13-14H,5-8H2,1H3. The lowest BCUT2D eigenvalue weighted by Gasteiger charge is -2.11. The first-order chi connectivity index (χ1) is 7.31. The van der Waals surface area contributed by atoms with Gasteiger partial charge >= 0.3 is 0 Å². The number of phenolic OH excluding ortho intramolecular Hbond substituents is 1. The Morgan fingerprint density at radius 1 is 1.53 bits per heavy atom. The molecule has 82 valence electrons. The van der Waals surface area contributed by atoms with Crippen molar-refractivity contribution >= 4 is 0 Å². The fourth-order valence-electron chi connectivity index (χ4n) is 2.10. The number of aromatic hydroxyl groups is 1. The molecule has 1 atom stereocenters. The number of ether oxygens (including phenoxy) is 1. The van der Waals surface area contributed by atoms with Gasteiger partial charge in [0.25, 0.3) is 0 Å². The summed E-state index contributed by atoms with van der Waals surface area (Å²) < 4.78 is 5.08. The molecule has 2 N–H and O–H groups in total. The monoisotopic (exact) mass is 207 g/mol. The number of rotatable bonds is 3. The molecule has 3 heteroatoms. The molecule has 0 spiro atoms. The number of benzene rings is 1. The van der Waals surface area contributed by atoms with E-state index in [0.29, 0.717) is 17.4 Å². The SMILES string of the molecule is COc1cccc(CC2CCNC2)c1O. The van der Waals surface area contributed by atoms with Crippen LogP contribution in [0.2, 0.25) is 0 Å². The van der Waals surface area contributed by atoms with Gasteiger partial charge in [0.2, 0.25) is 0 Å². The highest BCUT2D eigenvalue weighted by molar-refractivity contribution is 5.45. The molecule has 0 bridgehead atoms. The molecular weight excluding hydrogens is 190 g/mol. The maximum atomic E-state index is 9.90. The van der Waals surface area contributed by atoms with Crippen LogP contribution < -0.4 is 10.1 Å². The second kappa shape index (κ2) is 4.53. The first-order valence-electron chi connectivity index (χ1n) is 5.37. The van der Waals surface area contributed by atoms with Crippen molar-refractivity contribution in [2.75, 3.05) is 20.2 Å². The molecule has 1 heterocycles. The van der Waals surface area contributed by atoms with Crippen molar-refractivity contribution in [2.24, 2.45) is 5.92 Å². The normalized spacial score (nSPS) is 20.5. The number of hydrogen-bond acceptors (Lipinski definition) is 3. The largest absolute Gasteiger partial charge is 0.504 e. The summed E-state index contributed by atoms with van der Waals surface area (Å²) in [7, 11) is 1.58. The van der Waals surface area contributed by atoms with E-state index in [1.807, 2.05) is 12.1 Å². The summed E-state index contributed by atoms with van der Waals surface area (Å²) in [6.07, 6.45) is 2.12. The molecule has 0 aliphatic carbocycles. The van der Waals surface area contributed by atoms with Crippen LogP contribution in [-0.2, 0) is 6.42 Å². The van der Waals surface area contributed by atoms with E-state index in [1.165, 1.54) is 6.42 Å². The van der Waals surface area contributed by atoms with Crippen molar-refractivity contribution in [2.45, 2.75) is 12.8 Å². The third-order valence-corrected chi connectivity index (χ3v) is 2.97. The minimum atomic E-state index is 0.298. The summed E-state index contributed by atoms with van der Waals surface area (Å²) in [5, 5.41) is 13.2. The lowest BCUT2D eigenvalue weighted by molar-refractivity contribution is 0.368. The third-order valence-electron chi connectivity index (χ3n) is 2.97. The third kappa shape index (κ3) is 2.23. The number of para-hydroxylation sites is 1. The van der Waals surface area contributed by atoms with Gasteiger partial charge in [-0.2, -0.15) is 0 Å². The number of nitrogens with one attached hydrogen (secondary N) is 1. The fourth-order valence-corrected chi connectivity index (χ4v) is 2.10. The van der Waals surface area contributed by atoms with Gasteiger partial charge in [-0.05, 0) is 43.5 Å². The van der Waals surface area contributed by atoms with Crippen molar-refractivity contribution in [3.8, 4) is 11.5 Å². The molecular formula is C12H17NO2. The van der Waals surface area contributed by atoms with Crippen molar-refractivity contribution < 1.29 is 9.84 Å². The molecule has 2 rings (SSSR count). The Balaban J connectivity index is 2.13. The van der Waals surface area contributed by atoms with Crippen LogP contribution in [-0.4, -0.2) is 25.3 Å². The van der Waals surface area contributed by atoms with E-state index in [-0.39, 0.29) is 0 Å². The van der Waals surface area contributed by atoms with Crippen molar-refractivity contribution in [3.63, 3.8) is 0 Å². The highest BCUT2D eigenvalue weighted by Gasteiger charge is 2.17. The molecule has 3 nitrogen and oxygen atoms in total. The quantitative estimate of drug-likeness (QED) is 0.790. The molecule has 1 saturated heterocycles. The first-order valence-corrected chi connectivity index (χ1v) is 5.37. The van der Waals surface area contributed by atoms with E-state index in [2.05, 4.69) is 5.32 Å². The van der Waals surface area contributed by atoms with Crippen LogP contribution in [0.15, 0.2) is 18.2 Å². The molecule has 0 radical (unpaired) electrons. The molecule has 0 saturated carbocycles. The van der Waals surface area contributed by atoms with Gasteiger partial charge in [-0.25, -0.2) is 0 Å². The highest BCUT2D eigenvalue weighted by Crippen LogP contribution is 2.31. The second-order valence-corrected chi connectivity index (χ2v) is 4.03. The van der Waals surface area contributed by atoms with E-state index in [9.17, 15) is 5.11 Å². The molecule has 1 aromatic carbocycles. The lowest BCUT2D eigenvalue weighted by atomic mass is 9.98. The summed E-state index contributed by atoms with van der Waals surface area (Å²) in [5.74, 6) is 1.51. The average Bonchev–Trinajstić information content (AvgIpc) is 2.74. The molecule has 1 unspecified atom stereocenters. The molecule has 0 amide bonds. The van der Waals surface area contributed by atoms with Gasteiger partial charge in [-0.1, -0.05) is 12.1 Å². The second-order valence-electron chi connectivity index (χ2n) is 4.03. The lowest BCUT2D eigenvalue weighted by Crippen LogP contribution is -2.10. The maximum absolute atomic E-state index is 9.90. The Kier molecular flexibility index (Phi) is 3.11. The minimum Gasteiger partial charge on any atom is -0.504 e. The van der Waals surface area contributed by atoms with Gasteiger partial charge < -0.3 is 15.2 Å². The Morgan fingerprint density at radius 3 is 3.07 bits per heavy atom. The summed E-state index contributed by atoms with van der Waals surface area (Å²) >= 11 is 0. The molecule has 1 aliphatic rings. The minimum absolute atomic E-state index is 0.298. The van der Waals surface area contributed by atoms with Crippen LogP contribution in [0.5, 0.6) is 11.5 Å². The average molecular weight is 207 g/mol. The topological polar surface area (TPSA) is 41.5 Å². The smallest absolute Gasteiger partial charge is 0.160 e. The maximum Gasteiger partial charge on any atom is 0.160 e. The zero-order valence-corrected chi connectivity index (χ0v) is 8.99. The zero-order chi connectivity index (χ0) is 10.7. The van der Waals surface area contributed by atoms with Crippen molar-refractivity contribution in [3.05, 3.63) is 23.8 Å². The Morgan fingerprint density at radius 2 is 2.40 bits per heavy atom. The molecule has 1 fully saturated rings. The fraction of sp³-hybridized carbons (Fsp3) is 0.500. The Hall–Kier alpha value is -1.22. The van der Waals surface area contributed by atoms with Gasteiger partial charge in [0.1, 0.15) is 0 Å². The van der Waals surface area contributed by atoms with Crippen LogP contribution in [0.1, 0.15) is 12.0 Å². The van der Waals surface area contributed by atoms with Crippen LogP contribution in [0.25, 0.3) is 0 Å². The van der Waals surface area contributed by atoms with Gasteiger partial charge in [0.15, 0.2) is 11.5 Å². The van der Waals surface area contributed by atoms with E-state index < -0.39 is 0 Å². The molecule has 1 aromatic rings. The van der Waals surface area contributed by atoms with Crippen LogP contribution in [0.3, 0.4) is 0 Å². The number of methoxy groups -OCH3 is 1. The predicted octanol–water partition coefficient (Wildman–Crippen LogP) is 1.55. The van der Waals surface area contributed by atoms with Gasteiger partial charge in [-0.15, -0.1) is 0 Å². The van der Waals surface area contributed by atoms with E-state index in [0.717, 1.165) is 25.1 Å². The van der Waals surface area contributed by atoms with Crippen LogP contribution in [0, 0.1) is 5.92 Å². The number of phenols is 1. The van der Waals surface area contributed by atoms with Crippen molar-refractivity contribution in [1.82, 2.24) is 5.32 Å². The first kappa shape index (κ1) is 10.3. The van der Waals surface area contributed by atoms with Crippen LogP contribution >= 0.6 is 0 Å². The van der Waals surface area contributed by atoms with Gasteiger partial charge in [-0.3, -0.25) is 0 Å². The summed E-state index contributed by atoms with van der Waals surface area (Å²) in [4.78, 5) is 0. The number of hydrogen-bond donors (Lipinski definition) is 2. The Labute approximate surface area is 90.1 Å². The zero-order valence-electron chi connectivity index (χ0n) is 8.99. The van der Waals surface area contributed by atoms with E-state index in [4.69, 9.17) is 4.74 Å². The van der Waals surface area contributed by atoms with Gasteiger partial charge in [0, 0.05) is 0 Å². The predicted molar refractivity (Wildman–Crippen MR) is 59.3 cm³/mol. The Bertz CT molecular complexity index is 332. The van der Waals surface area contributed by atoms with Crippen LogP contribution in [0.4, 0.5) is 0 Å². The highest BCUT2D eigenvalue weighted by atomic mass is 16.5. The molecule has 15 heavy (non-hydrogen) atoms. The molecule has 1 aliphatic heterocycles. The summed E-state index contributed by atoms with van der Waals surface area (Å²) in [6, 6.07) is 5.68. The summed E-state index contributed by atoms with van der Waals surface area (Å²) in [6.45, 7) is 2.14. The van der Waals surface area contributed by atoms with Gasteiger partial charge in [0.05, 0.1) is 7.11 Å². The van der Waals surface area contributed by atoms with E-state index >= 15 is 0 Å². The van der Waals surface area contributed by atoms with E-state index in [1.54, 1.807) is 13.2 Å². The summed E-state index contributed by atoms with van der Waals surface area (Å²) in [5.41, 5.74) is 0.989. The van der Waals surface area contributed by atoms with Crippen molar-refractivity contribution in [1.29, 1.82) is 0 Å².